The Labute approximate surface area is 104 Å². The molecule has 0 heterocycles. The molecular formula is C12H16ClNOS. The van der Waals surface area contributed by atoms with Crippen molar-refractivity contribution < 1.29 is 4.21 Å². The highest BCUT2D eigenvalue weighted by Gasteiger charge is 2.18. The quantitative estimate of drug-likeness (QED) is 0.746. The summed E-state index contributed by atoms with van der Waals surface area (Å²) in [5, 5.41) is 0.700. The van der Waals surface area contributed by atoms with Crippen molar-refractivity contribution in [3.63, 3.8) is 0 Å². The van der Waals surface area contributed by atoms with Gasteiger partial charge in [0.15, 0.2) is 0 Å². The Morgan fingerprint density at radius 3 is 2.56 bits per heavy atom. The first-order valence-electron chi connectivity index (χ1n) is 5.03. The van der Waals surface area contributed by atoms with E-state index in [1.165, 1.54) is 0 Å². The van der Waals surface area contributed by atoms with Crippen LogP contribution in [0.1, 0.15) is 31.9 Å². The minimum absolute atomic E-state index is 0.330. The molecule has 1 unspecified atom stereocenters. The monoisotopic (exact) mass is 257 g/mol. The highest BCUT2D eigenvalue weighted by atomic mass is 35.5. The average Bonchev–Trinajstić information content (AvgIpc) is 2.18. The van der Waals surface area contributed by atoms with Crippen molar-refractivity contribution >= 4 is 28.8 Å². The largest absolute Gasteiger partial charge is 0.234 e. The second kappa shape index (κ2) is 5.11. The Morgan fingerprint density at radius 2 is 2.00 bits per heavy atom. The van der Waals surface area contributed by atoms with E-state index in [-0.39, 0.29) is 4.75 Å². The molecule has 0 bridgehead atoms. The lowest BCUT2D eigenvalue weighted by atomic mass is 10.1. The second-order valence-electron chi connectivity index (χ2n) is 4.55. The van der Waals surface area contributed by atoms with Crippen LogP contribution in [0.15, 0.2) is 22.6 Å². The van der Waals surface area contributed by atoms with Crippen LogP contribution in [0.2, 0.25) is 5.02 Å². The number of hydrogen-bond acceptors (Lipinski definition) is 1. The van der Waals surface area contributed by atoms with E-state index in [1.807, 2.05) is 45.9 Å². The third-order valence-corrected chi connectivity index (χ3v) is 3.88. The van der Waals surface area contributed by atoms with E-state index in [0.29, 0.717) is 5.02 Å². The van der Waals surface area contributed by atoms with E-state index in [4.69, 9.17) is 11.6 Å². The molecule has 0 fully saturated rings. The normalized spacial score (nSPS) is 14.3. The molecule has 0 aliphatic carbocycles. The molecule has 0 N–H and O–H groups in total. The van der Waals surface area contributed by atoms with E-state index in [1.54, 1.807) is 6.21 Å². The summed E-state index contributed by atoms with van der Waals surface area (Å²) in [6.07, 6.45) is 1.63. The van der Waals surface area contributed by atoms with Crippen LogP contribution in [0.25, 0.3) is 0 Å². The lowest BCUT2D eigenvalue weighted by molar-refractivity contribution is 0.651. The van der Waals surface area contributed by atoms with Crippen molar-refractivity contribution in [2.75, 3.05) is 0 Å². The van der Waals surface area contributed by atoms with Crippen LogP contribution in [0.4, 0.5) is 0 Å². The van der Waals surface area contributed by atoms with Gasteiger partial charge in [-0.1, -0.05) is 23.7 Å². The van der Waals surface area contributed by atoms with E-state index in [0.717, 1.165) is 11.1 Å². The molecule has 0 radical (unpaired) electrons. The standard InChI is InChI=1S/C12H16ClNOS/c1-9-10(6-5-7-11(9)13)8-14-16(15)12(2,3)4/h5-8H,1-4H3. The fourth-order valence-corrected chi connectivity index (χ4v) is 1.73. The highest BCUT2D eigenvalue weighted by Crippen LogP contribution is 2.18. The number of benzene rings is 1. The summed E-state index contributed by atoms with van der Waals surface area (Å²) in [5.74, 6) is 0. The summed E-state index contributed by atoms with van der Waals surface area (Å²) >= 11 is 5.98. The molecule has 1 rings (SSSR count). The maximum absolute atomic E-state index is 11.7. The molecule has 0 aromatic heterocycles. The van der Waals surface area contributed by atoms with Gasteiger partial charge in [-0.15, -0.1) is 0 Å². The second-order valence-corrected chi connectivity index (χ2v) is 6.89. The smallest absolute Gasteiger partial charge is 0.144 e. The molecule has 16 heavy (non-hydrogen) atoms. The van der Waals surface area contributed by atoms with Gasteiger partial charge in [-0.05, 0) is 44.9 Å². The summed E-state index contributed by atoms with van der Waals surface area (Å²) in [6.45, 7) is 7.60. The fraction of sp³-hybridized carbons (Fsp3) is 0.417. The van der Waals surface area contributed by atoms with E-state index < -0.39 is 11.0 Å². The van der Waals surface area contributed by atoms with Crippen LogP contribution in [-0.4, -0.2) is 15.2 Å². The molecule has 88 valence electrons. The Kier molecular flexibility index (Phi) is 4.28. The molecule has 1 aromatic rings. The summed E-state index contributed by atoms with van der Waals surface area (Å²) in [7, 11) is -1.23. The lowest BCUT2D eigenvalue weighted by Gasteiger charge is -2.12. The first-order chi connectivity index (χ1) is 7.32. The van der Waals surface area contributed by atoms with Gasteiger partial charge in [-0.2, -0.15) is 4.40 Å². The Bertz CT molecular complexity index is 435. The number of hydrogen-bond donors (Lipinski definition) is 0. The molecule has 0 aliphatic heterocycles. The molecule has 2 nitrogen and oxygen atoms in total. The van der Waals surface area contributed by atoms with E-state index >= 15 is 0 Å². The lowest BCUT2D eigenvalue weighted by Crippen LogP contribution is -2.19. The number of nitrogens with zero attached hydrogens (tertiary/aromatic N) is 1. The van der Waals surface area contributed by atoms with Crippen molar-refractivity contribution in [2.45, 2.75) is 32.4 Å². The molecule has 4 heteroatoms. The molecule has 1 aromatic carbocycles. The van der Waals surface area contributed by atoms with Crippen LogP contribution in [0.5, 0.6) is 0 Å². The van der Waals surface area contributed by atoms with Crippen LogP contribution in [-0.2, 0) is 11.0 Å². The van der Waals surface area contributed by atoms with Gasteiger partial charge in [0.1, 0.15) is 11.0 Å². The summed E-state index contributed by atoms with van der Waals surface area (Å²) in [5.41, 5.74) is 1.86. The predicted octanol–water partition coefficient (Wildman–Crippen LogP) is 3.53. The summed E-state index contributed by atoms with van der Waals surface area (Å²) in [4.78, 5) is 0. The van der Waals surface area contributed by atoms with Gasteiger partial charge >= 0.3 is 0 Å². The fourth-order valence-electron chi connectivity index (χ4n) is 1.03. The first-order valence-corrected chi connectivity index (χ1v) is 6.52. The van der Waals surface area contributed by atoms with Crippen molar-refractivity contribution in [1.82, 2.24) is 0 Å². The Balaban J connectivity index is 2.94. The number of halogens is 1. The van der Waals surface area contributed by atoms with Gasteiger partial charge in [0.05, 0.1) is 4.75 Å². The van der Waals surface area contributed by atoms with Gasteiger partial charge in [-0.3, -0.25) is 0 Å². The SMILES string of the molecule is Cc1c(Cl)cccc1C=NS(=O)C(C)(C)C. The molecule has 0 aliphatic rings. The minimum Gasteiger partial charge on any atom is -0.234 e. The van der Waals surface area contributed by atoms with Gasteiger partial charge in [-0.25, -0.2) is 4.21 Å². The molecule has 0 saturated carbocycles. The zero-order chi connectivity index (χ0) is 12.3. The topological polar surface area (TPSA) is 29.4 Å². The van der Waals surface area contributed by atoms with Gasteiger partial charge < -0.3 is 0 Å². The molecule has 0 spiro atoms. The van der Waals surface area contributed by atoms with Crippen molar-refractivity contribution in [2.24, 2.45) is 4.40 Å². The molecule has 1 atom stereocenters. The molecular weight excluding hydrogens is 242 g/mol. The summed E-state index contributed by atoms with van der Waals surface area (Å²) in [6, 6.07) is 5.59. The zero-order valence-corrected chi connectivity index (χ0v) is 11.5. The third kappa shape index (κ3) is 3.42. The highest BCUT2D eigenvalue weighted by molar-refractivity contribution is 7.85. The predicted molar refractivity (Wildman–Crippen MR) is 71.7 cm³/mol. The summed E-state index contributed by atoms with van der Waals surface area (Å²) < 4.78 is 15.4. The van der Waals surface area contributed by atoms with Crippen LogP contribution in [0.3, 0.4) is 0 Å². The van der Waals surface area contributed by atoms with Gasteiger partial charge in [0.2, 0.25) is 0 Å². The Morgan fingerprint density at radius 1 is 1.38 bits per heavy atom. The Hall–Kier alpha value is -0.670. The van der Waals surface area contributed by atoms with Crippen molar-refractivity contribution in [3.05, 3.63) is 34.3 Å². The van der Waals surface area contributed by atoms with E-state index in [9.17, 15) is 4.21 Å². The first kappa shape index (κ1) is 13.4. The van der Waals surface area contributed by atoms with Gasteiger partial charge in [0.25, 0.3) is 0 Å². The zero-order valence-electron chi connectivity index (χ0n) is 9.95. The van der Waals surface area contributed by atoms with Crippen LogP contribution in [0, 0.1) is 6.92 Å². The van der Waals surface area contributed by atoms with Gasteiger partial charge in [0, 0.05) is 11.2 Å². The van der Waals surface area contributed by atoms with E-state index in [2.05, 4.69) is 4.40 Å². The average molecular weight is 258 g/mol. The van der Waals surface area contributed by atoms with Crippen LogP contribution < -0.4 is 0 Å². The maximum Gasteiger partial charge on any atom is 0.144 e. The van der Waals surface area contributed by atoms with Crippen LogP contribution >= 0.6 is 11.6 Å². The molecule has 0 saturated heterocycles. The van der Waals surface area contributed by atoms with Crippen molar-refractivity contribution in [3.8, 4) is 0 Å². The number of rotatable bonds is 2. The minimum atomic E-state index is -1.23. The van der Waals surface area contributed by atoms with Crippen molar-refractivity contribution in [1.29, 1.82) is 0 Å². The maximum atomic E-state index is 11.7. The molecule has 0 amide bonds. The third-order valence-electron chi connectivity index (χ3n) is 2.12.